The zero-order valence-electron chi connectivity index (χ0n) is 13.7. The molecule has 118 valence electrons. The van der Waals surface area contributed by atoms with Gasteiger partial charge in [0.05, 0.1) is 6.61 Å². The molecule has 2 N–H and O–H groups in total. The normalized spacial score (nSPS) is 25.9. The third kappa shape index (κ3) is 4.53. The number of aliphatic hydroxyl groups is 1. The molecule has 21 heavy (non-hydrogen) atoms. The molecule has 3 nitrogen and oxygen atoms in total. The molecule has 0 heterocycles. The summed E-state index contributed by atoms with van der Waals surface area (Å²) >= 11 is 0. The minimum atomic E-state index is -0.0696. The van der Waals surface area contributed by atoms with Crippen LogP contribution in [0.1, 0.15) is 38.7 Å². The van der Waals surface area contributed by atoms with Crippen molar-refractivity contribution in [3.63, 3.8) is 0 Å². The van der Waals surface area contributed by atoms with Crippen LogP contribution in [0.4, 0.5) is 0 Å². The Morgan fingerprint density at radius 3 is 2.67 bits per heavy atom. The fourth-order valence-corrected chi connectivity index (χ4v) is 3.54. The maximum Gasteiger partial charge on any atom is 0.0614 e. The number of nitrogens with one attached hydrogen (secondary N) is 1. The molecule has 0 amide bonds. The molecule has 1 saturated carbocycles. The Morgan fingerprint density at radius 1 is 1.33 bits per heavy atom. The Kier molecular flexibility index (Phi) is 5.80. The van der Waals surface area contributed by atoms with Gasteiger partial charge >= 0.3 is 0 Å². The summed E-state index contributed by atoms with van der Waals surface area (Å²) in [5, 5.41) is 13.4. The second-order valence-electron chi connectivity index (χ2n) is 6.85. The SMILES string of the molecule is CC(C)NC1(CO)CCC(N(C)CCc2ccccc2)C1. The Balaban J connectivity index is 1.85. The molecule has 1 aliphatic rings. The number of hydrogen-bond acceptors (Lipinski definition) is 3. The van der Waals surface area contributed by atoms with Crippen molar-refractivity contribution < 1.29 is 5.11 Å². The lowest BCUT2D eigenvalue weighted by Gasteiger charge is -2.32. The first kappa shape index (κ1) is 16.5. The molecule has 1 aliphatic carbocycles. The minimum absolute atomic E-state index is 0.0696. The Morgan fingerprint density at radius 2 is 2.05 bits per heavy atom. The lowest BCUT2D eigenvalue weighted by atomic mass is 9.97. The van der Waals surface area contributed by atoms with Gasteiger partial charge in [-0.25, -0.2) is 0 Å². The van der Waals surface area contributed by atoms with Gasteiger partial charge in [-0.05, 0) is 38.3 Å². The minimum Gasteiger partial charge on any atom is -0.394 e. The van der Waals surface area contributed by atoms with E-state index in [0.29, 0.717) is 12.1 Å². The highest BCUT2D eigenvalue weighted by molar-refractivity contribution is 5.15. The van der Waals surface area contributed by atoms with Crippen LogP contribution in [0.15, 0.2) is 30.3 Å². The summed E-state index contributed by atoms with van der Waals surface area (Å²) in [6.07, 6.45) is 4.39. The molecule has 2 atom stereocenters. The summed E-state index contributed by atoms with van der Waals surface area (Å²) in [7, 11) is 2.22. The van der Waals surface area contributed by atoms with Crippen LogP contribution in [0.5, 0.6) is 0 Å². The number of hydrogen-bond donors (Lipinski definition) is 2. The molecule has 0 radical (unpaired) electrons. The van der Waals surface area contributed by atoms with Gasteiger partial charge in [-0.15, -0.1) is 0 Å². The smallest absolute Gasteiger partial charge is 0.0614 e. The summed E-state index contributed by atoms with van der Waals surface area (Å²) in [6, 6.07) is 11.7. The lowest BCUT2D eigenvalue weighted by Crippen LogP contribution is -2.50. The van der Waals surface area contributed by atoms with E-state index in [9.17, 15) is 5.11 Å². The van der Waals surface area contributed by atoms with Crippen LogP contribution < -0.4 is 5.32 Å². The first-order valence-electron chi connectivity index (χ1n) is 8.17. The van der Waals surface area contributed by atoms with Gasteiger partial charge in [-0.2, -0.15) is 0 Å². The molecule has 0 bridgehead atoms. The van der Waals surface area contributed by atoms with Crippen molar-refractivity contribution in [3.8, 4) is 0 Å². The van der Waals surface area contributed by atoms with E-state index in [1.807, 2.05) is 0 Å². The predicted octanol–water partition coefficient (Wildman–Crippen LogP) is 2.44. The summed E-state index contributed by atoms with van der Waals surface area (Å²) < 4.78 is 0. The topological polar surface area (TPSA) is 35.5 Å². The monoisotopic (exact) mass is 290 g/mol. The number of nitrogens with zero attached hydrogens (tertiary/aromatic N) is 1. The average molecular weight is 290 g/mol. The zero-order valence-corrected chi connectivity index (χ0v) is 13.7. The fourth-order valence-electron chi connectivity index (χ4n) is 3.54. The Hall–Kier alpha value is -0.900. The van der Waals surface area contributed by atoms with E-state index >= 15 is 0 Å². The molecular weight excluding hydrogens is 260 g/mol. The summed E-state index contributed by atoms with van der Waals surface area (Å²) in [6.45, 7) is 5.64. The van der Waals surface area contributed by atoms with E-state index in [4.69, 9.17) is 0 Å². The van der Waals surface area contributed by atoms with Crippen LogP contribution in [0.3, 0.4) is 0 Å². The second-order valence-corrected chi connectivity index (χ2v) is 6.85. The average Bonchev–Trinajstić information content (AvgIpc) is 2.90. The fraction of sp³-hybridized carbons (Fsp3) is 0.667. The first-order chi connectivity index (χ1) is 10.0. The highest BCUT2D eigenvalue weighted by atomic mass is 16.3. The summed E-state index contributed by atoms with van der Waals surface area (Å²) in [4.78, 5) is 2.46. The van der Waals surface area contributed by atoms with Crippen molar-refractivity contribution in [2.75, 3.05) is 20.2 Å². The van der Waals surface area contributed by atoms with Crippen molar-refractivity contribution in [3.05, 3.63) is 35.9 Å². The van der Waals surface area contributed by atoms with Gasteiger partial charge in [-0.1, -0.05) is 44.2 Å². The van der Waals surface area contributed by atoms with Gasteiger partial charge in [0.1, 0.15) is 0 Å². The maximum absolute atomic E-state index is 9.79. The van der Waals surface area contributed by atoms with Crippen LogP contribution in [0, 0.1) is 0 Å². The zero-order chi connectivity index (χ0) is 15.3. The van der Waals surface area contributed by atoms with Gasteiger partial charge in [0.15, 0.2) is 0 Å². The number of rotatable bonds is 7. The lowest BCUT2D eigenvalue weighted by molar-refractivity contribution is 0.142. The highest BCUT2D eigenvalue weighted by Crippen LogP contribution is 2.33. The first-order valence-corrected chi connectivity index (χ1v) is 8.17. The molecule has 1 aromatic carbocycles. The molecule has 0 spiro atoms. The third-order valence-electron chi connectivity index (χ3n) is 4.70. The Bertz CT molecular complexity index is 420. The Labute approximate surface area is 129 Å². The third-order valence-corrected chi connectivity index (χ3v) is 4.70. The van der Waals surface area contributed by atoms with Gasteiger partial charge < -0.3 is 15.3 Å². The van der Waals surface area contributed by atoms with E-state index in [-0.39, 0.29) is 12.1 Å². The molecule has 1 fully saturated rings. The molecule has 0 aromatic heterocycles. The van der Waals surface area contributed by atoms with Crippen molar-refractivity contribution in [1.82, 2.24) is 10.2 Å². The number of benzene rings is 1. The molecule has 0 saturated heterocycles. The van der Waals surface area contributed by atoms with Crippen molar-refractivity contribution in [1.29, 1.82) is 0 Å². The molecule has 1 aromatic rings. The van der Waals surface area contributed by atoms with Gasteiger partial charge in [-0.3, -0.25) is 0 Å². The summed E-state index contributed by atoms with van der Waals surface area (Å²) in [5.41, 5.74) is 1.33. The highest BCUT2D eigenvalue weighted by Gasteiger charge is 2.40. The van der Waals surface area contributed by atoms with E-state index in [2.05, 4.69) is 61.4 Å². The van der Waals surface area contributed by atoms with Crippen LogP contribution in [-0.2, 0) is 6.42 Å². The van der Waals surface area contributed by atoms with Crippen LogP contribution in [-0.4, -0.2) is 47.8 Å². The van der Waals surface area contributed by atoms with E-state index in [0.717, 1.165) is 25.8 Å². The standard InChI is InChI=1S/C18H30N2O/c1-15(2)19-18(14-21)11-9-17(13-18)20(3)12-10-16-7-5-4-6-8-16/h4-8,15,17,19,21H,9-14H2,1-3H3. The molecule has 2 rings (SSSR count). The van der Waals surface area contributed by atoms with Gasteiger partial charge in [0, 0.05) is 24.2 Å². The predicted molar refractivity (Wildman–Crippen MR) is 88.5 cm³/mol. The van der Waals surface area contributed by atoms with E-state index < -0.39 is 0 Å². The quantitative estimate of drug-likeness (QED) is 0.809. The van der Waals surface area contributed by atoms with Crippen LogP contribution in [0.2, 0.25) is 0 Å². The van der Waals surface area contributed by atoms with E-state index in [1.54, 1.807) is 0 Å². The second kappa shape index (κ2) is 7.39. The molecule has 2 unspecified atom stereocenters. The van der Waals surface area contributed by atoms with Crippen LogP contribution in [0.25, 0.3) is 0 Å². The van der Waals surface area contributed by atoms with Gasteiger partial charge in [0.25, 0.3) is 0 Å². The molecule has 0 aliphatic heterocycles. The summed E-state index contributed by atoms with van der Waals surface area (Å²) in [5.74, 6) is 0. The van der Waals surface area contributed by atoms with E-state index in [1.165, 1.54) is 12.0 Å². The number of aliphatic hydroxyl groups excluding tert-OH is 1. The molecular formula is C18H30N2O. The van der Waals surface area contributed by atoms with Crippen molar-refractivity contribution in [2.24, 2.45) is 0 Å². The van der Waals surface area contributed by atoms with Crippen molar-refractivity contribution in [2.45, 2.75) is 57.2 Å². The largest absolute Gasteiger partial charge is 0.394 e. The van der Waals surface area contributed by atoms with Gasteiger partial charge in [0.2, 0.25) is 0 Å². The van der Waals surface area contributed by atoms with Crippen LogP contribution >= 0.6 is 0 Å². The molecule has 3 heteroatoms. The maximum atomic E-state index is 9.79. The van der Waals surface area contributed by atoms with Crippen molar-refractivity contribution >= 4 is 0 Å². The number of likely N-dealkylation sites (N-methyl/N-ethyl adjacent to an activating group) is 1.